The van der Waals surface area contributed by atoms with E-state index in [0.29, 0.717) is 17.2 Å². The molecule has 2 rings (SSSR count). The van der Waals surface area contributed by atoms with Crippen molar-refractivity contribution in [2.24, 2.45) is 5.92 Å². The summed E-state index contributed by atoms with van der Waals surface area (Å²) < 4.78 is 0. The standard InChI is InChI=1S/C15H22N2O2/c1-10(18)12-5-7-17(8-6-12)13-3-4-15(16)14(9-13)11(2)19/h3-4,9-10,12,18H,5-8,16H2,1-2H3. The molecule has 0 amide bonds. The summed E-state index contributed by atoms with van der Waals surface area (Å²) in [6.45, 7) is 5.22. The Kier molecular flexibility index (Phi) is 4.10. The van der Waals surface area contributed by atoms with Gasteiger partial charge in [0.1, 0.15) is 0 Å². The number of rotatable bonds is 3. The molecule has 0 spiro atoms. The molecule has 3 N–H and O–H groups in total. The van der Waals surface area contributed by atoms with E-state index in [0.717, 1.165) is 31.6 Å². The predicted molar refractivity (Wildman–Crippen MR) is 77.5 cm³/mol. The highest BCUT2D eigenvalue weighted by Gasteiger charge is 2.23. The minimum absolute atomic E-state index is 0.00165. The molecule has 1 aromatic rings. The summed E-state index contributed by atoms with van der Waals surface area (Å²) in [4.78, 5) is 13.8. The summed E-state index contributed by atoms with van der Waals surface area (Å²) in [6, 6.07) is 5.64. The SMILES string of the molecule is CC(=O)c1cc(N2CCC(C(C)O)CC2)ccc1N. The van der Waals surface area contributed by atoms with Crippen LogP contribution in [0, 0.1) is 5.92 Å². The third kappa shape index (κ3) is 3.07. The van der Waals surface area contributed by atoms with E-state index in [9.17, 15) is 9.90 Å². The van der Waals surface area contributed by atoms with Crippen LogP contribution in [0.1, 0.15) is 37.0 Å². The molecule has 4 nitrogen and oxygen atoms in total. The maximum absolute atomic E-state index is 11.5. The number of hydrogen-bond acceptors (Lipinski definition) is 4. The first kappa shape index (κ1) is 13.9. The van der Waals surface area contributed by atoms with Gasteiger partial charge >= 0.3 is 0 Å². The zero-order chi connectivity index (χ0) is 14.0. The molecular formula is C15H22N2O2. The van der Waals surface area contributed by atoms with Crippen molar-refractivity contribution in [1.82, 2.24) is 0 Å². The van der Waals surface area contributed by atoms with Gasteiger partial charge in [-0.25, -0.2) is 0 Å². The van der Waals surface area contributed by atoms with Crippen molar-refractivity contribution in [3.8, 4) is 0 Å². The quantitative estimate of drug-likeness (QED) is 0.646. The Morgan fingerprint density at radius 1 is 1.42 bits per heavy atom. The van der Waals surface area contributed by atoms with Crippen molar-refractivity contribution >= 4 is 17.2 Å². The van der Waals surface area contributed by atoms with Gasteiger partial charge in [0.15, 0.2) is 5.78 Å². The number of Topliss-reactive ketones (excluding diaryl/α,β-unsaturated/α-hetero) is 1. The molecule has 0 aromatic heterocycles. The van der Waals surface area contributed by atoms with Crippen molar-refractivity contribution in [2.45, 2.75) is 32.8 Å². The number of carbonyl (C=O) groups is 1. The van der Waals surface area contributed by atoms with Gasteiger partial charge in [-0.15, -0.1) is 0 Å². The van der Waals surface area contributed by atoms with Gasteiger partial charge in [-0.1, -0.05) is 0 Å². The Hall–Kier alpha value is -1.55. The van der Waals surface area contributed by atoms with E-state index in [1.54, 1.807) is 6.07 Å². The first-order valence-corrected chi connectivity index (χ1v) is 6.82. The average molecular weight is 262 g/mol. The number of aliphatic hydroxyl groups is 1. The van der Waals surface area contributed by atoms with Gasteiger partial charge in [0, 0.05) is 30.0 Å². The second kappa shape index (κ2) is 5.61. The molecule has 0 aliphatic carbocycles. The number of anilines is 2. The fourth-order valence-corrected chi connectivity index (χ4v) is 2.69. The molecule has 1 unspecified atom stereocenters. The minimum atomic E-state index is -0.235. The number of nitrogens with zero attached hydrogens (tertiary/aromatic N) is 1. The normalized spacial score (nSPS) is 18.4. The lowest BCUT2D eigenvalue weighted by atomic mass is 9.92. The molecule has 1 heterocycles. The van der Waals surface area contributed by atoms with E-state index < -0.39 is 0 Å². The van der Waals surface area contributed by atoms with Gasteiger partial charge in [0.25, 0.3) is 0 Å². The van der Waals surface area contributed by atoms with Crippen LogP contribution in [0.4, 0.5) is 11.4 Å². The maximum atomic E-state index is 11.5. The molecule has 1 fully saturated rings. The first-order valence-electron chi connectivity index (χ1n) is 6.82. The molecule has 1 aromatic carbocycles. The van der Waals surface area contributed by atoms with Crippen molar-refractivity contribution in [3.63, 3.8) is 0 Å². The predicted octanol–water partition coefficient (Wildman–Crippen LogP) is 2.07. The molecule has 104 valence electrons. The monoisotopic (exact) mass is 262 g/mol. The van der Waals surface area contributed by atoms with E-state index in [1.165, 1.54) is 6.92 Å². The lowest BCUT2D eigenvalue weighted by molar-refractivity contribution is 0.101. The van der Waals surface area contributed by atoms with Gasteiger partial charge in [-0.05, 0) is 50.8 Å². The van der Waals surface area contributed by atoms with Crippen molar-refractivity contribution in [2.75, 3.05) is 23.7 Å². The van der Waals surface area contributed by atoms with E-state index in [4.69, 9.17) is 5.73 Å². The van der Waals surface area contributed by atoms with E-state index in [1.807, 2.05) is 19.1 Å². The van der Waals surface area contributed by atoms with Crippen LogP contribution in [0.15, 0.2) is 18.2 Å². The van der Waals surface area contributed by atoms with Gasteiger partial charge in [-0.3, -0.25) is 4.79 Å². The van der Waals surface area contributed by atoms with Gasteiger partial charge in [-0.2, -0.15) is 0 Å². The Bertz CT molecular complexity index is 463. The molecule has 4 heteroatoms. The number of hydrogen-bond donors (Lipinski definition) is 2. The lowest BCUT2D eigenvalue weighted by Crippen LogP contribution is -2.37. The van der Waals surface area contributed by atoms with Crippen molar-refractivity contribution < 1.29 is 9.90 Å². The van der Waals surface area contributed by atoms with E-state index >= 15 is 0 Å². The molecule has 0 radical (unpaired) electrons. The molecular weight excluding hydrogens is 240 g/mol. The van der Waals surface area contributed by atoms with Gasteiger partial charge in [0.2, 0.25) is 0 Å². The largest absolute Gasteiger partial charge is 0.398 e. The molecule has 1 atom stereocenters. The molecule has 1 aliphatic rings. The Morgan fingerprint density at radius 2 is 2.05 bits per heavy atom. The number of piperidine rings is 1. The number of carbonyl (C=O) groups excluding carboxylic acids is 1. The molecule has 0 bridgehead atoms. The fraction of sp³-hybridized carbons (Fsp3) is 0.533. The topological polar surface area (TPSA) is 66.6 Å². The van der Waals surface area contributed by atoms with Crippen LogP contribution in [-0.4, -0.2) is 30.1 Å². The summed E-state index contributed by atoms with van der Waals surface area (Å²) in [6.07, 6.45) is 1.73. The fourth-order valence-electron chi connectivity index (χ4n) is 2.69. The number of nitrogen functional groups attached to an aromatic ring is 1. The second-order valence-corrected chi connectivity index (χ2v) is 5.39. The molecule has 19 heavy (non-hydrogen) atoms. The minimum Gasteiger partial charge on any atom is -0.398 e. The van der Waals surface area contributed by atoms with Gasteiger partial charge in [0.05, 0.1) is 6.10 Å². The Morgan fingerprint density at radius 3 is 2.58 bits per heavy atom. The highest BCUT2D eigenvalue weighted by Crippen LogP contribution is 2.27. The highest BCUT2D eigenvalue weighted by atomic mass is 16.3. The molecule has 1 saturated heterocycles. The molecule has 0 saturated carbocycles. The summed E-state index contributed by atoms with van der Waals surface area (Å²) in [5.41, 5.74) is 7.98. The van der Waals surface area contributed by atoms with Crippen LogP contribution in [0.5, 0.6) is 0 Å². The number of ketones is 1. The maximum Gasteiger partial charge on any atom is 0.161 e. The van der Waals surface area contributed by atoms with E-state index in [-0.39, 0.29) is 11.9 Å². The van der Waals surface area contributed by atoms with Crippen LogP contribution >= 0.6 is 0 Å². The number of aliphatic hydroxyl groups excluding tert-OH is 1. The third-order valence-electron chi connectivity index (χ3n) is 4.00. The van der Waals surface area contributed by atoms with Crippen LogP contribution < -0.4 is 10.6 Å². The van der Waals surface area contributed by atoms with E-state index in [2.05, 4.69) is 4.90 Å². The van der Waals surface area contributed by atoms with Crippen LogP contribution in [0.3, 0.4) is 0 Å². The summed E-state index contributed by atoms with van der Waals surface area (Å²) in [5, 5.41) is 9.61. The summed E-state index contributed by atoms with van der Waals surface area (Å²) in [7, 11) is 0. The van der Waals surface area contributed by atoms with Crippen LogP contribution in [-0.2, 0) is 0 Å². The number of nitrogens with two attached hydrogens (primary N) is 1. The van der Waals surface area contributed by atoms with Crippen LogP contribution in [0.25, 0.3) is 0 Å². The van der Waals surface area contributed by atoms with Crippen LogP contribution in [0.2, 0.25) is 0 Å². The van der Waals surface area contributed by atoms with Crippen molar-refractivity contribution in [1.29, 1.82) is 0 Å². The summed E-state index contributed by atoms with van der Waals surface area (Å²) in [5.74, 6) is 0.385. The Balaban J connectivity index is 2.12. The number of benzene rings is 1. The Labute approximate surface area is 114 Å². The zero-order valence-corrected chi connectivity index (χ0v) is 11.6. The lowest BCUT2D eigenvalue weighted by Gasteiger charge is -2.35. The molecule has 1 aliphatic heterocycles. The zero-order valence-electron chi connectivity index (χ0n) is 11.6. The summed E-state index contributed by atoms with van der Waals surface area (Å²) >= 11 is 0. The van der Waals surface area contributed by atoms with Crippen molar-refractivity contribution in [3.05, 3.63) is 23.8 Å². The highest BCUT2D eigenvalue weighted by molar-refractivity contribution is 6.00. The van der Waals surface area contributed by atoms with Gasteiger partial charge < -0.3 is 15.7 Å². The first-order chi connectivity index (χ1) is 8.99. The average Bonchev–Trinajstić information content (AvgIpc) is 2.39. The smallest absolute Gasteiger partial charge is 0.161 e. The third-order valence-corrected chi connectivity index (χ3v) is 4.00. The second-order valence-electron chi connectivity index (χ2n) is 5.39.